The van der Waals surface area contributed by atoms with Crippen LogP contribution in [0.15, 0.2) is 28.7 Å². The predicted molar refractivity (Wildman–Crippen MR) is 93.8 cm³/mol. The molecule has 0 saturated heterocycles. The topological polar surface area (TPSA) is 24.5 Å². The first-order valence-electron chi connectivity index (χ1n) is 7.84. The van der Waals surface area contributed by atoms with E-state index in [0.717, 1.165) is 37.1 Å². The lowest BCUT2D eigenvalue weighted by Gasteiger charge is -2.29. The summed E-state index contributed by atoms with van der Waals surface area (Å²) >= 11 is 3.50. The molecule has 2 atom stereocenters. The van der Waals surface area contributed by atoms with E-state index in [0.29, 0.717) is 12.1 Å². The highest BCUT2D eigenvalue weighted by molar-refractivity contribution is 9.10. The van der Waals surface area contributed by atoms with Crippen LogP contribution in [0.1, 0.15) is 38.8 Å². The van der Waals surface area contributed by atoms with Crippen LogP contribution in [0, 0.1) is 0 Å². The van der Waals surface area contributed by atoms with Gasteiger partial charge in [-0.2, -0.15) is 0 Å². The minimum absolute atomic E-state index is 0.409. The van der Waals surface area contributed by atoms with Crippen LogP contribution in [0.3, 0.4) is 0 Å². The third kappa shape index (κ3) is 6.47. The van der Waals surface area contributed by atoms with Gasteiger partial charge >= 0.3 is 0 Å². The summed E-state index contributed by atoms with van der Waals surface area (Å²) in [6.07, 6.45) is 1.11. The highest BCUT2D eigenvalue weighted by Crippen LogP contribution is 2.20. The standard InChI is InChI=1S/C17H29BrN2O/c1-5-19-17(15-7-9-16(18)10-8-15)11-12-20(6-2)14(3)13-21-4/h7-10,14,17,19H,5-6,11-13H2,1-4H3. The molecule has 0 aromatic heterocycles. The normalized spacial score (nSPS) is 14.4. The average Bonchev–Trinajstić information content (AvgIpc) is 2.48. The zero-order chi connectivity index (χ0) is 15.7. The molecule has 0 aliphatic heterocycles. The van der Waals surface area contributed by atoms with Gasteiger partial charge in [0.25, 0.3) is 0 Å². The molecule has 0 heterocycles. The fraction of sp³-hybridized carbons (Fsp3) is 0.647. The maximum absolute atomic E-state index is 5.28. The SMILES string of the molecule is CCNC(CCN(CC)C(C)COC)c1ccc(Br)cc1. The van der Waals surface area contributed by atoms with E-state index in [1.54, 1.807) is 7.11 Å². The summed E-state index contributed by atoms with van der Waals surface area (Å²) in [4.78, 5) is 2.48. The number of benzene rings is 1. The first-order valence-corrected chi connectivity index (χ1v) is 8.63. The maximum atomic E-state index is 5.28. The number of rotatable bonds is 10. The summed E-state index contributed by atoms with van der Waals surface area (Å²) in [5.74, 6) is 0. The summed E-state index contributed by atoms with van der Waals surface area (Å²) in [6.45, 7) is 10.5. The second-order valence-electron chi connectivity index (χ2n) is 5.38. The summed E-state index contributed by atoms with van der Waals surface area (Å²) in [6, 6.07) is 9.51. The fourth-order valence-corrected chi connectivity index (χ4v) is 2.92. The Balaban J connectivity index is 2.63. The molecule has 4 heteroatoms. The molecule has 1 rings (SSSR count). The molecule has 1 N–H and O–H groups in total. The molecule has 1 aromatic rings. The lowest BCUT2D eigenvalue weighted by atomic mass is 10.0. The minimum atomic E-state index is 0.409. The molecule has 1 aromatic carbocycles. The van der Waals surface area contributed by atoms with Gasteiger partial charge in [-0.15, -0.1) is 0 Å². The molecule has 0 saturated carbocycles. The molecule has 0 radical (unpaired) electrons. The second-order valence-corrected chi connectivity index (χ2v) is 6.30. The van der Waals surface area contributed by atoms with Gasteiger partial charge in [0.15, 0.2) is 0 Å². The summed E-state index contributed by atoms with van der Waals surface area (Å²) in [5, 5.41) is 3.60. The van der Waals surface area contributed by atoms with E-state index >= 15 is 0 Å². The number of ether oxygens (including phenoxy) is 1. The molecular formula is C17H29BrN2O. The highest BCUT2D eigenvalue weighted by Gasteiger charge is 2.15. The van der Waals surface area contributed by atoms with Gasteiger partial charge in [-0.3, -0.25) is 4.90 Å². The zero-order valence-electron chi connectivity index (χ0n) is 13.7. The van der Waals surface area contributed by atoms with Crippen LogP contribution in [-0.4, -0.2) is 44.3 Å². The Morgan fingerprint density at radius 3 is 2.43 bits per heavy atom. The molecule has 0 spiro atoms. The number of nitrogens with zero attached hydrogens (tertiary/aromatic N) is 1. The van der Waals surface area contributed by atoms with Crippen LogP contribution < -0.4 is 5.32 Å². The van der Waals surface area contributed by atoms with E-state index in [2.05, 4.69) is 71.2 Å². The van der Waals surface area contributed by atoms with Crippen LogP contribution >= 0.6 is 15.9 Å². The number of methoxy groups -OCH3 is 1. The smallest absolute Gasteiger partial charge is 0.0615 e. The Bertz CT molecular complexity index is 383. The van der Waals surface area contributed by atoms with E-state index in [9.17, 15) is 0 Å². The first kappa shape index (κ1) is 18.6. The van der Waals surface area contributed by atoms with Crippen molar-refractivity contribution in [3.8, 4) is 0 Å². The summed E-state index contributed by atoms with van der Waals surface area (Å²) in [7, 11) is 1.77. The number of nitrogens with one attached hydrogen (secondary N) is 1. The molecule has 0 fully saturated rings. The van der Waals surface area contributed by atoms with Gasteiger partial charge in [-0.05, 0) is 44.1 Å². The van der Waals surface area contributed by atoms with Gasteiger partial charge in [0.2, 0.25) is 0 Å². The van der Waals surface area contributed by atoms with Crippen molar-refractivity contribution in [2.45, 2.75) is 39.3 Å². The van der Waals surface area contributed by atoms with Crippen molar-refractivity contribution in [2.75, 3.05) is 33.4 Å². The van der Waals surface area contributed by atoms with Crippen LogP contribution in [0.4, 0.5) is 0 Å². The number of hydrogen-bond acceptors (Lipinski definition) is 3. The molecular weight excluding hydrogens is 328 g/mol. The second kappa shape index (κ2) is 10.3. The van der Waals surface area contributed by atoms with Crippen molar-refractivity contribution in [3.05, 3.63) is 34.3 Å². The van der Waals surface area contributed by atoms with Crippen molar-refractivity contribution in [2.24, 2.45) is 0 Å². The van der Waals surface area contributed by atoms with Crippen molar-refractivity contribution in [3.63, 3.8) is 0 Å². The number of halogens is 1. The Morgan fingerprint density at radius 2 is 1.90 bits per heavy atom. The third-order valence-electron chi connectivity index (χ3n) is 3.87. The number of hydrogen-bond donors (Lipinski definition) is 1. The van der Waals surface area contributed by atoms with Crippen LogP contribution in [0.5, 0.6) is 0 Å². The minimum Gasteiger partial charge on any atom is -0.383 e. The van der Waals surface area contributed by atoms with E-state index in [-0.39, 0.29) is 0 Å². The number of likely N-dealkylation sites (N-methyl/N-ethyl adjacent to an activating group) is 1. The zero-order valence-corrected chi connectivity index (χ0v) is 15.3. The van der Waals surface area contributed by atoms with Crippen molar-refractivity contribution >= 4 is 15.9 Å². The van der Waals surface area contributed by atoms with Crippen molar-refractivity contribution < 1.29 is 4.74 Å². The van der Waals surface area contributed by atoms with Gasteiger partial charge in [-0.1, -0.05) is 41.9 Å². The van der Waals surface area contributed by atoms with Gasteiger partial charge in [0.05, 0.1) is 6.61 Å². The Hall–Kier alpha value is -0.420. The van der Waals surface area contributed by atoms with Gasteiger partial charge in [0, 0.05) is 30.2 Å². The molecule has 0 aliphatic carbocycles. The van der Waals surface area contributed by atoms with E-state index < -0.39 is 0 Å². The van der Waals surface area contributed by atoms with Gasteiger partial charge in [0.1, 0.15) is 0 Å². The van der Waals surface area contributed by atoms with E-state index in [4.69, 9.17) is 4.74 Å². The fourth-order valence-electron chi connectivity index (χ4n) is 2.66. The Morgan fingerprint density at radius 1 is 1.24 bits per heavy atom. The maximum Gasteiger partial charge on any atom is 0.0615 e. The molecule has 0 amide bonds. The average molecular weight is 357 g/mol. The van der Waals surface area contributed by atoms with Crippen LogP contribution in [0.2, 0.25) is 0 Å². The van der Waals surface area contributed by atoms with Crippen LogP contribution in [0.25, 0.3) is 0 Å². The Labute approximate surface area is 138 Å². The molecule has 0 aliphatic rings. The van der Waals surface area contributed by atoms with Crippen molar-refractivity contribution in [1.82, 2.24) is 10.2 Å². The third-order valence-corrected chi connectivity index (χ3v) is 4.39. The summed E-state index contributed by atoms with van der Waals surface area (Å²) < 4.78 is 6.41. The molecule has 120 valence electrons. The molecule has 3 nitrogen and oxygen atoms in total. The first-order chi connectivity index (χ1) is 10.1. The molecule has 0 bridgehead atoms. The highest BCUT2D eigenvalue weighted by atomic mass is 79.9. The predicted octanol–water partition coefficient (Wildman–Crippen LogP) is 3.85. The molecule has 2 unspecified atom stereocenters. The Kier molecular flexibility index (Phi) is 9.16. The van der Waals surface area contributed by atoms with Gasteiger partial charge in [-0.25, -0.2) is 0 Å². The monoisotopic (exact) mass is 356 g/mol. The molecule has 21 heavy (non-hydrogen) atoms. The van der Waals surface area contributed by atoms with E-state index in [1.807, 2.05) is 0 Å². The lowest BCUT2D eigenvalue weighted by molar-refractivity contribution is 0.0997. The largest absolute Gasteiger partial charge is 0.383 e. The van der Waals surface area contributed by atoms with E-state index in [1.165, 1.54) is 5.56 Å². The van der Waals surface area contributed by atoms with Gasteiger partial charge < -0.3 is 10.1 Å². The quantitative estimate of drug-likeness (QED) is 0.689. The summed E-state index contributed by atoms with van der Waals surface area (Å²) in [5.41, 5.74) is 1.36. The van der Waals surface area contributed by atoms with Crippen molar-refractivity contribution in [1.29, 1.82) is 0 Å². The lowest BCUT2D eigenvalue weighted by Crippen LogP contribution is -2.38. The van der Waals surface area contributed by atoms with Crippen LogP contribution in [-0.2, 0) is 4.74 Å².